The third kappa shape index (κ3) is 2.35. The molecule has 1 fully saturated rings. The average Bonchev–Trinajstić information content (AvgIpc) is 2.63. The molecule has 2 aliphatic rings. The molecule has 0 saturated carbocycles. The number of amides is 1. The van der Waals surface area contributed by atoms with Crippen LogP contribution in [-0.4, -0.2) is 25.0 Å². The minimum absolute atomic E-state index is 0.119. The first kappa shape index (κ1) is 14.2. The Labute approximate surface area is 119 Å². The van der Waals surface area contributed by atoms with E-state index < -0.39 is 11.8 Å². The normalized spacial score (nSPS) is 28.4. The van der Waals surface area contributed by atoms with Crippen LogP contribution in [0.4, 0.5) is 18.9 Å². The van der Waals surface area contributed by atoms with E-state index in [0.717, 1.165) is 0 Å². The van der Waals surface area contributed by atoms with Gasteiger partial charge in [-0.2, -0.15) is 0 Å². The van der Waals surface area contributed by atoms with Gasteiger partial charge in [0, 0.05) is 6.61 Å². The van der Waals surface area contributed by atoms with Gasteiger partial charge in [0.1, 0.15) is 0 Å². The summed E-state index contributed by atoms with van der Waals surface area (Å²) in [7, 11) is 0. The lowest BCUT2D eigenvalue weighted by atomic mass is 9.73. The molecule has 2 unspecified atom stereocenters. The third-order valence-corrected chi connectivity index (χ3v) is 4.01. The molecule has 1 amide bonds. The topological polar surface area (TPSA) is 47.6 Å². The first-order valence-corrected chi connectivity index (χ1v) is 6.64. The summed E-state index contributed by atoms with van der Waals surface area (Å²) >= 11 is 0. The van der Waals surface area contributed by atoms with Crippen molar-refractivity contribution in [2.75, 3.05) is 11.9 Å². The zero-order valence-electron chi connectivity index (χ0n) is 11.3. The fourth-order valence-corrected chi connectivity index (χ4v) is 3.16. The molecule has 114 valence electrons. The number of carbonyl (C=O) groups is 1. The molecule has 1 aromatic rings. The largest absolute Gasteiger partial charge is 0.573 e. The minimum Gasteiger partial charge on any atom is -0.404 e. The molecule has 1 N–H and O–H groups in total. The van der Waals surface area contributed by atoms with Crippen molar-refractivity contribution in [2.45, 2.75) is 37.6 Å². The zero-order valence-corrected chi connectivity index (χ0v) is 11.3. The summed E-state index contributed by atoms with van der Waals surface area (Å²) in [5.74, 6) is -0.657. The number of fused-ring (bicyclic) bond motifs is 2. The zero-order chi connectivity index (χ0) is 15.3. The maximum absolute atomic E-state index is 12.4. The summed E-state index contributed by atoms with van der Waals surface area (Å²) in [6, 6.07) is 4.35. The third-order valence-electron chi connectivity index (χ3n) is 4.01. The van der Waals surface area contributed by atoms with Gasteiger partial charge in [0.05, 0.1) is 17.2 Å². The van der Waals surface area contributed by atoms with Gasteiger partial charge in [-0.3, -0.25) is 4.79 Å². The maximum Gasteiger partial charge on any atom is 0.573 e. The molecule has 2 atom stereocenters. The smallest absolute Gasteiger partial charge is 0.404 e. The Morgan fingerprint density at radius 3 is 2.86 bits per heavy atom. The number of nitrogens with one attached hydrogen (secondary N) is 1. The van der Waals surface area contributed by atoms with Crippen LogP contribution in [-0.2, 0) is 14.9 Å². The number of anilines is 1. The Hall–Kier alpha value is -1.76. The molecule has 21 heavy (non-hydrogen) atoms. The Balaban J connectivity index is 2.04. The number of benzene rings is 1. The molecule has 0 aliphatic carbocycles. The second kappa shape index (κ2) is 4.62. The summed E-state index contributed by atoms with van der Waals surface area (Å²) in [4.78, 5) is 12.4. The molecule has 2 aliphatic heterocycles. The molecular weight excluding hydrogens is 287 g/mol. The predicted octanol–water partition coefficient (Wildman–Crippen LogP) is 2.97. The van der Waals surface area contributed by atoms with Gasteiger partial charge >= 0.3 is 6.36 Å². The molecule has 7 heteroatoms. The summed E-state index contributed by atoms with van der Waals surface area (Å²) in [6.07, 6.45) is -4.02. The van der Waals surface area contributed by atoms with Crippen LogP contribution in [0.25, 0.3) is 0 Å². The first-order valence-electron chi connectivity index (χ1n) is 6.64. The van der Waals surface area contributed by atoms with Crippen LogP contribution in [0.5, 0.6) is 5.75 Å². The van der Waals surface area contributed by atoms with Crippen molar-refractivity contribution in [2.24, 2.45) is 0 Å². The van der Waals surface area contributed by atoms with Gasteiger partial charge in [0.15, 0.2) is 5.75 Å². The van der Waals surface area contributed by atoms with Crippen LogP contribution in [0.1, 0.15) is 25.3 Å². The lowest BCUT2D eigenvalue weighted by Gasteiger charge is -2.35. The lowest BCUT2D eigenvalue weighted by molar-refractivity contribution is -0.274. The van der Waals surface area contributed by atoms with E-state index in [0.29, 0.717) is 25.0 Å². The van der Waals surface area contributed by atoms with Crippen molar-refractivity contribution in [1.29, 1.82) is 0 Å². The number of rotatable bonds is 1. The number of carbonyl (C=O) groups excluding carboxylic acids is 1. The van der Waals surface area contributed by atoms with E-state index in [2.05, 4.69) is 10.1 Å². The first-order chi connectivity index (χ1) is 9.82. The summed E-state index contributed by atoms with van der Waals surface area (Å²) in [6.45, 7) is 2.25. The van der Waals surface area contributed by atoms with E-state index in [4.69, 9.17) is 4.74 Å². The van der Waals surface area contributed by atoms with Crippen molar-refractivity contribution >= 4 is 11.6 Å². The van der Waals surface area contributed by atoms with E-state index in [9.17, 15) is 18.0 Å². The highest BCUT2D eigenvalue weighted by Gasteiger charge is 2.50. The van der Waals surface area contributed by atoms with Crippen molar-refractivity contribution in [3.05, 3.63) is 23.8 Å². The van der Waals surface area contributed by atoms with Gasteiger partial charge < -0.3 is 14.8 Å². The van der Waals surface area contributed by atoms with Gasteiger partial charge in [0.2, 0.25) is 5.91 Å². The highest BCUT2D eigenvalue weighted by Crippen LogP contribution is 2.49. The molecule has 3 rings (SSSR count). The van der Waals surface area contributed by atoms with Gasteiger partial charge in [-0.15, -0.1) is 13.2 Å². The number of alkyl halides is 3. The minimum atomic E-state index is -4.79. The molecule has 4 nitrogen and oxygen atoms in total. The standard InChI is InChI=1S/C14H14F3NO3/c1-8-7-13(5-6-20-8)9-3-2-4-10(21-14(15,16)17)11(9)18-12(13)19/h2-4,8H,5-7H2,1H3,(H,18,19). The van der Waals surface area contributed by atoms with Crippen LogP contribution in [0.2, 0.25) is 0 Å². The van der Waals surface area contributed by atoms with Gasteiger partial charge in [-0.05, 0) is 31.4 Å². The van der Waals surface area contributed by atoms with E-state index in [1.54, 1.807) is 6.07 Å². The summed E-state index contributed by atoms with van der Waals surface area (Å²) in [5, 5.41) is 2.55. The van der Waals surface area contributed by atoms with Crippen LogP contribution in [0, 0.1) is 0 Å². The quantitative estimate of drug-likeness (QED) is 0.867. The molecule has 0 bridgehead atoms. The monoisotopic (exact) mass is 301 g/mol. The van der Waals surface area contributed by atoms with Crippen LogP contribution in [0.15, 0.2) is 18.2 Å². The number of ether oxygens (including phenoxy) is 2. The van der Waals surface area contributed by atoms with Gasteiger partial charge in [-0.25, -0.2) is 0 Å². The highest BCUT2D eigenvalue weighted by atomic mass is 19.4. The Morgan fingerprint density at radius 2 is 2.19 bits per heavy atom. The van der Waals surface area contributed by atoms with Gasteiger partial charge in [0.25, 0.3) is 0 Å². The highest BCUT2D eigenvalue weighted by molar-refractivity contribution is 6.07. The SMILES string of the molecule is CC1CC2(CCO1)C(=O)Nc1c(OC(F)(F)F)cccc12. The summed E-state index contributed by atoms with van der Waals surface area (Å²) in [5.41, 5.74) is -0.142. The van der Waals surface area contributed by atoms with E-state index in [-0.39, 0.29) is 23.4 Å². The van der Waals surface area contributed by atoms with Gasteiger partial charge in [-0.1, -0.05) is 12.1 Å². The van der Waals surface area contributed by atoms with E-state index in [1.165, 1.54) is 12.1 Å². The maximum atomic E-state index is 12.4. The number of hydrogen-bond acceptors (Lipinski definition) is 3. The second-order valence-electron chi connectivity index (χ2n) is 5.40. The molecule has 2 heterocycles. The van der Waals surface area contributed by atoms with Crippen molar-refractivity contribution in [1.82, 2.24) is 0 Å². The molecule has 1 spiro atoms. The molecular formula is C14H14F3NO3. The van der Waals surface area contributed by atoms with E-state index in [1.807, 2.05) is 6.92 Å². The van der Waals surface area contributed by atoms with Crippen molar-refractivity contribution in [3.8, 4) is 5.75 Å². The Morgan fingerprint density at radius 1 is 1.43 bits per heavy atom. The number of para-hydroxylation sites is 1. The average molecular weight is 301 g/mol. The molecule has 0 radical (unpaired) electrons. The lowest BCUT2D eigenvalue weighted by Crippen LogP contribution is -2.42. The molecule has 1 saturated heterocycles. The van der Waals surface area contributed by atoms with E-state index >= 15 is 0 Å². The Kier molecular flexibility index (Phi) is 3.12. The van der Waals surface area contributed by atoms with Crippen LogP contribution >= 0.6 is 0 Å². The predicted molar refractivity (Wildman–Crippen MR) is 68.1 cm³/mol. The van der Waals surface area contributed by atoms with Crippen molar-refractivity contribution < 1.29 is 27.4 Å². The number of halogens is 3. The van der Waals surface area contributed by atoms with Crippen LogP contribution < -0.4 is 10.1 Å². The van der Waals surface area contributed by atoms with Crippen LogP contribution in [0.3, 0.4) is 0 Å². The second-order valence-corrected chi connectivity index (χ2v) is 5.40. The number of hydrogen-bond donors (Lipinski definition) is 1. The fraction of sp³-hybridized carbons (Fsp3) is 0.500. The summed E-state index contributed by atoms with van der Waals surface area (Å²) < 4.78 is 46.8. The van der Waals surface area contributed by atoms with Crippen molar-refractivity contribution in [3.63, 3.8) is 0 Å². The fourth-order valence-electron chi connectivity index (χ4n) is 3.16. The Bertz CT molecular complexity index is 587. The molecule has 1 aromatic carbocycles. The molecule has 0 aromatic heterocycles.